The van der Waals surface area contributed by atoms with Crippen molar-refractivity contribution >= 4 is 29.3 Å². The quantitative estimate of drug-likeness (QED) is 0.438. The number of fused-ring (bicyclic) bond motifs is 1. The van der Waals surface area contributed by atoms with Gasteiger partial charge >= 0.3 is 0 Å². The highest BCUT2D eigenvalue weighted by Crippen LogP contribution is 2.50. The van der Waals surface area contributed by atoms with Crippen molar-refractivity contribution in [3.63, 3.8) is 0 Å². The number of anilines is 1. The van der Waals surface area contributed by atoms with Crippen LogP contribution in [0.2, 0.25) is 5.02 Å². The Bertz CT molecular complexity index is 1100. The van der Waals surface area contributed by atoms with E-state index in [1.807, 2.05) is 29.2 Å². The highest BCUT2D eigenvalue weighted by Gasteiger charge is 2.47. The van der Waals surface area contributed by atoms with Crippen LogP contribution in [0.5, 0.6) is 0 Å². The Morgan fingerprint density at radius 3 is 2.50 bits per heavy atom. The van der Waals surface area contributed by atoms with Crippen molar-refractivity contribution in [2.75, 3.05) is 4.90 Å². The van der Waals surface area contributed by atoms with Crippen molar-refractivity contribution in [2.45, 2.75) is 45.1 Å². The fourth-order valence-electron chi connectivity index (χ4n) is 4.76. The first-order valence-corrected chi connectivity index (χ1v) is 10.5. The van der Waals surface area contributed by atoms with Gasteiger partial charge in [0.1, 0.15) is 5.76 Å². The zero-order valence-electron chi connectivity index (χ0n) is 17.8. The van der Waals surface area contributed by atoms with E-state index in [-0.39, 0.29) is 16.9 Å². The zero-order valence-corrected chi connectivity index (χ0v) is 18.5. The van der Waals surface area contributed by atoms with Gasteiger partial charge < -0.3 is 9.32 Å². The number of aryl methyl sites for hydroxylation is 1. The molecule has 0 bridgehead atoms. The van der Waals surface area contributed by atoms with Crippen molar-refractivity contribution in [3.05, 3.63) is 94.4 Å². The van der Waals surface area contributed by atoms with E-state index in [2.05, 4.69) is 58.0 Å². The second-order valence-electron chi connectivity index (χ2n) is 8.87. The number of hydrogen-bond acceptors (Lipinski definition) is 2. The topological polar surface area (TPSA) is 33.5 Å². The van der Waals surface area contributed by atoms with Crippen LogP contribution in [0, 0.1) is 6.92 Å². The van der Waals surface area contributed by atoms with E-state index in [9.17, 15) is 4.79 Å². The highest BCUT2D eigenvalue weighted by atomic mass is 35.5. The van der Waals surface area contributed by atoms with Crippen molar-refractivity contribution < 1.29 is 9.21 Å². The van der Waals surface area contributed by atoms with Crippen molar-refractivity contribution in [1.82, 2.24) is 0 Å². The normalized spacial score (nSPS) is 20.4. The summed E-state index contributed by atoms with van der Waals surface area (Å²) in [6.45, 7) is 8.60. The molecule has 0 saturated heterocycles. The van der Waals surface area contributed by atoms with E-state index in [4.69, 9.17) is 16.0 Å². The molecule has 1 atom stereocenters. The molecule has 4 heteroatoms. The molecule has 1 aromatic heterocycles. The molecule has 0 radical (unpaired) electrons. The van der Waals surface area contributed by atoms with Gasteiger partial charge in [-0.2, -0.15) is 0 Å². The number of furan rings is 1. The fourth-order valence-corrected chi connectivity index (χ4v) is 4.88. The zero-order chi connectivity index (χ0) is 21.5. The van der Waals surface area contributed by atoms with Gasteiger partial charge in [0.25, 0.3) is 5.91 Å². The van der Waals surface area contributed by atoms with Gasteiger partial charge in [-0.3, -0.25) is 4.79 Å². The number of carbonyl (C=O) groups excluding carboxylic acids is 1. The predicted molar refractivity (Wildman–Crippen MR) is 123 cm³/mol. The second-order valence-corrected chi connectivity index (χ2v) is 9.31. The van der Waals surface area contributed by atoms with E-state index in [1.165, 1.54) is 11.1 Å². The van der Waals surface area contributed by atoms with Crippen LogP contribution in [-0.2, 0) is 10.2 Å². The molecule has 1 aliphatic rings. The van der Waals surface area contributed by atoms with Gasteiger partial charge in [-0.25, -0.2) is 0 Å². The minimum atomic E-state index is -0.388. The SMILES string of the molecule is Cc1ccc2c(c1)[C@@](C)(c1ccc(Cl)cc1)CC(C)(C)N2C(=O)/C=C/c1ccco1. The van der Waals surface area contributed by atoms with Crippen LogP contribution in [0.1, 0.15) is 49.6 Å². The van der Waals surface area contributed by atoms with Gasteiger partial charge in [0, 0.05) is 27.7 Å². The Morgan fingerprint density at radius 2 is 1.83 bits per heavy atom. The maximum absolute atomic E-state index is 13.3. The standard InChI is InChI=1S/C26H26ClNO2/c1-18-7-13-23-22(16-18)26(4,19-8-10-20(27)11-9-19)17-25(2,3)28(23)24(29)14-12-21-6-5-15-30-21/h5-16H,17H2,1-4H3/b14-12+/t26-/m1/s1. The van der Waals surface area contributed by atoms with Crippen molar-refractivity contribution in [2.24, 2.45) is 0 Å². The first-order valence-electron chi connectivity index (χ1n) is 10.1. The van der Waals surface area contributed by atoms with E-state index in [1.54, 1.807) is 18.4 Å². The number of amides is 1. The van der Waals surface area contributed by atoms with Crippen molar-refractivity contribution in [1.29, 1.82) is 0 Å². The summed E-state index contributed by atoms with van der Waals surface area (Å²) in [4.78, 5) is 15.2. The molecule has 3 aromatic rings. The van der Waals surface area contributed by atoms with Crippen LogP contribution in [0.4, 0.5) is 5.69 Å². The largest absolute Gasteiger partial charge is 0.465 e. The number of halogens is 1. The van der Waals surface area contributed by atoms with Crippen LogP contribution < -0.4 is 4.90 Å². The molecular weight excluding hydrogens is 394 g/mol. The van der Waals surface area contributed by atoms with E-state index < -0.39 is 0 Å². The Balaban J connectivity index is 1.83. The molecule has 0 fully saturated rings. The molecule has 3 nitrogen and oxygen atoms in total. The Hall–Kier alpha value is -2.78. The summed E-state index contributed by atoms with van der Waals surface area (Å²) in [6.07, 6.45) is 5.71. The third-order valence-electron chi connectivity index (χ3n) is 6.01. The molecule has 0 aliphatic carbocycles. The molecule has 1 aliphatic heterocycles. The predicted octanol–water partition coefficient (Wildman–Crippen LogP) is 6.78. The molecule has 4 rings (SSSR count). The first-order chi connectivity index (χ1) is 14.2. The molecule has 0 unspecified atom stereocenters. The summed E-state index contributed by atoms with van der Waals surface area (Å²) in [5.41, 5.74) is 3.85. The lowest BCUT2D eigenvalue weighted by Gasteiger charge is -2.51. The van der Waals surface area contributed by atoms with E-state index in [0.717, 1.165) is 22.7 Å². The molecule has 154 valence electrons. The molecule has 2 aromatic carbocycles. The summed E-state index contributed by atoms with van der Waals surface area (Å²) in [6, 6.07) is 18.1. The molecule has 0 N–H and O–H groups in total. The molecular formula is C26H26ClNO2. The van der Waals surface area contributed by atoms with Crippen LogP contribution in [0.25, 0.3) is 6.08 Å². The average molecular weight is 420 g/mol. The smallest absolute Gasteiger partial charge is 0.251 e. The lowest BCUT2D eigenvalue weighted by atomic mass is 9.65. The Morgan fingerprint density at radius 1 is 1.10 bits per heavy atom. The maximum Gasteiger partial charge on any atom is 0.251 e. The first kappa shape index (κ1) is 20.5. The van der Waals surface area contributed by atoms with Gasteiger partial charge in [0.05, 0.1) is 6.26 Å². The number of carbonyl (C=O) groups is 1. The summed E-state index contributed by atoms with van der Waals surface area (Å²) in [7, 11) is 0. The monoisotopic (exact) mass is 419 g/mol. The summed E-state index contributed by atoms with van der Waals surface area (Å²) < 4.78 is 5.34. The van der Waals surface area contributed by atoms with Crippen LogP contribution in [-0.4, -0.2) is 11.4 Å². The van der Waals surface area contributed by atoms with Gasteiger partial charge in [-0.05, 0) is 74.7 Å². The van der Waals surface area contributed by atoms with Crippen LogP contribution in [0.15, 0.2) is 71.4 Å². The van der Waals surface area contributed by atoms with E-state index in [0.29, 0.717) is 5.76 Å². The van der Waals surface area contributed by atoms with Crippen molar-refractivity contribution in [3.8, 4) is 0 Å². The van der Waals surface area contributed by atoms with Gasteiger partial charge in [-0.15, -0.1) is 0 Å². The number of benzene rings is 2. The summed E-state index contributed by atoms with van der Waals surface area (Å²) >= 11 is 6.15. The third-order valence-corrected chi connectivity index (χ3v) is 6.27. The lowest BCUT2D eigenvalue weighted by Crippen LogP contribution is -2.55. The molecule has 30 heavy (non-hydrogen) atoms. The van der Waals surface area contributed by atoms with Gasteiger partial charge in [-0.1, -0.05) is 48.4 Å². The molecule has 0 spiro atoms. The molecule has 0 saturated carbocycles. The van der Waals surface area contributed by atoms with Gasteiger partial charge in [0.15, 0.2) is 0 Å². The summed E-state index contributed by atoms with van der Waals surface area (Å²) in [5.74, 6) is 0.605. The third kappa shape index (κ3) is 3.59. The minimum absolute atomic E-state index is 0.0559. The summed E-state index contributed by atoms with van der Waals surface area (Å²) in [5, 5.41) is 0.724. The minimum Gasteiger partial charge on any atom is -0.465 e. The Labute approximate surface area is 183 Å². The van der Waals surface area contributed by atoms with Gasteiger partial charge in [0.2, 0.25) is 0 Å². The highest BCUT2D eigenvalue weighted by molar-refractivity contribution is 6.30. The Kier molecular flexibility index (Phi) is 5.11. The lowest BCUT2D eigenvalue weighted by molar-refractivity contribution is -0.115. The molecule has 1 amide bonds. The van der Waals surface area contributed by atoms with Crippen LogP contribution >= 0.6 is 11.6 Å². The average Bonchev–Trinajstić information content (AvgIpc) is 3.20. The fraction of sp³-hybridized carbons (Fsp3) is 0.269. The number of rotatable bonds is 3. The number of nitrogens with zero attached hydrogens (tertiary/aromatic N) is 1. The van der Waals surface area contributed by atoms with E-state index >= 15 is 0 Å². The molecule has 2 heterocycles. The second kappa shape index (κ2) is 7.48. The maximum atomic E-state index is 13.3. The number of hydrogen-bond donors (Lipinski definition) is 0. The van der Waals surface area contributed by atoms with Crippen LogP contribution in [0.3, 0.4) is 0 Å².